The van der Waals surface area contributed by atoms with Gasteiger partial charge in [-0.15, -0.1) is 10.2 Å². The van der Waals surface area contributed by atoms with Crippen LogP contribution in [-0.4, -0.2) is 44.0 Å². The summed E-state index contributed by atoms with van der Waals surface area (Å²) in [5.41, 5.74) is 10.3. The molecule has 4 aromatic rings. The van der Waals surface area contributed by atoms with Gasteiger partial charge in [-0.2, -0.15) is 5.21 Å². The number of amides is 2. The van der Waals surface area contributed by atoms with Crippen LogP contribution in [0.15, 0.2) is 66.7 Å². The first-order valence-corrected chi connectivity index (χ1v) is 12.8. The second-order valence-corrected chi connectivity index (χ2v) is 10.5. The smallest absolute Gasteiger partial charge is 0.249 e. The number of tetrazole rings is 1. The highest BCUT2D eigenvalue weighted by atomic mass is 19.1. The number of rotatable bonds is 7. The van der Waals surface area contributed by atoms with Crippen LogP contribution in [0, 0.1) is 5.82 Å². The van der Waals surface area contributed by atoms with Gasteiger partial charge < -0.3 is 16.0 Å². The highest BCUT2D eigenvalue weighted by molar-refractivity contribution is 6.00. The number of halogens is 1. The van der Waals surface area contributed by atoms with Gasteiger partial charge in [0, 0.05) is 17.5 Å². The number of hydrogen-bond donors (Lipinski definition) is 3. The predicted molar refractivity (Wildman–Crippen MR) is 146 cm³/mol. The number of nitrogens with zero attached hydrogens (tertiary/aromatic N) is 4. The molecular formula is C29H30FN7O2. The summed E-state index contributed by atoms with van der Waals surface area (Å²) in [6, 6.07) is 19.3. The van der Waals surface area contributed by atoms with E-state index in [1.165, 1.54) is 12.1 Å². The summed E-state index contributed by atoms with van der Waals surface area (Å²) in [6.45, 7) is 3.74. The number of carbonyl (C=O) groups is 2. The Labute approximate surface area is 225 Å². The zero-order valence-corrected chi connectivity index (χ0v) is 21.8. The van der Waals surface area contributed by atoms with Crippen LogP contribution >= 0.6 is 0 Å². The summed E-state index contributed by atoms with van der Waals surface area (Å²) in [5.74, 6) is -0.501. The van der Waals surface area contributed by atoms with Crippen molar-refractivity contribution in [2.75, 3.05) is 4.90 Å². The fraction of sp³-hybridized carbons (Fsp3) is 0.276. The van der Waals surface area contributed by atoms with Gasteiger partial charge >= 0.3 is 0 Å². The van der Waals surface area contributed by atoms with Crippen LogP contribution in [0.3, 0.4) is 0 Å². The van der Waals surface area contributed by atoms with Gasteiger partial charge in [0.15, 0.2) is 0 Å². The van der Waals surface area contributed by atoms with Crippen molar-refractivity contribution in [1.29, 1.82) is 0 Å². The Morgan fingerprint density at radius 1 is 1.13 bits per heavy atom. The minimum atomic E-state index is -0.739. The summed E-state index contributed by atoms with van der Waals surface area (Å²) < 4.78 is 14.3. The van der Waals surface area contributed by atoms with E-state index in [1.54, 1.807) is 24.8 Å². The first-order valence-electron chi connectivity index (χ1n) is 12.8. The molecule has 0 radical (unpaired) electrons. The van der Waals surface area contributed by atoms with Gasteiger partial charge in [0.1, 0.15) is 11.9 Å². The third-order valence-electron chi connectivity index (χ3n) is 6.67. The van der Waals surface area contributed by atoms with Crippen LogP contribution in [0.4, 0.5) is 10.1 Å². The maximum absolute atomic E-state index is 14.3. The zero-order chi connectivity index (χ0) is 27.6. The molecule has 9 nitrogen and oxygen atoms in total. The van der Waals surface area contributed by atoms with Crippen LogP contribution in [0.1, 0.15) is 37.8 Å². The lowest BCUT2D eigenvalue weighted by Crippen LogP contribution is -2.49. The monoisotopic (exact) mass is 527 g/mol. The molecular weight excluding hydrogens is 497 g/mol. The van der Waals surface area contributed by atoms with Crippen molar-refractivity contribution in [3.63, 3.8) is 0 Å². The molecule has 10 heteroatoms. The maximum atomic E-state index is 14.3. The molecule has 0 saturated carbocycles. The molecule has 1 atom stereocenters. The predicted octanol–water partition coefficient (Wildman–Crippen LogP) is 3.76. The van der Waals surface area contributed by atoms with Crippen LogP contribution in [0.25, 0.3) is 22.5 Å². The molecule has 0 spiro atoms. The molecule has 0 bridgehead atoms. The lowest BCUT2D eigenvalue weighted by molar-refractivity contribution is -0.128. The molecule has 1 aliphatic rings. The van der Waals surface area contributed by atoms with Crippen molar-refractivity contribution < 1.29 is 14.0 Å². The number of aromatic nitrogens is 4. The topological polar surface area (TPSA) is 130 Å². The highest BCUT2D eigenvalue weighted by Crippen LogP contribution is 2.32. The van der Waals surface area contributed by atoms with E-state index in [2.05, 4.69) is 25.9 Å². The number of aryl methyl sites for hydroxylation is 1. The van der Waals surface area contributed by atoms with E-state index in [1.807, 2.05) is 48.5 Å². The lowest BCUT2D eigenvalue weighted by Gasteiger charge is -2.27. The third kappa shape index (κ3) is 6.01. The van der Waals surface area contributed by atoms with Crippen molar-refractivity contribution in [3.05, 3.63) is 83.7 Å². The van der Waals surface area contributed by atoms with E-state index < -0.39 is 17.4 Å². The molecule has 0 fully saturated rings. The Morgan fingerprint density at radius 2 is 1.87 bits per heavy atom. The Hall–Kier alpha value is -4.44. The average molecular weight is 528 g/mol. The second-order valence-electron chi connectivity index (χ2n) is 10.5. The first-order chi connectivity index (χ1) is 18.7. The van der Waals surface area contributed by atoms with Gasteiger partial charge in [0.25, 0.3) is 0 Å². The van der Waals surface area contributed by atoms with E-state index in [0.717, 1.165) is 27.8 Å². The molecule has 4 N–H and O–H groups in total. The van der Waals surface area contributed by atoms with Gasteiger partial charge in [0.05, 0.1) is 12.2 Å². The van der Waals surface area contributed by atoms with Crippen molar-refractivity contribution in [3.8, 4) is 22.5 Å². The molecule has 0 aliphatic carbocycles. The van der Waals surface area contributed by atoms with Crippen molar-refractivity contribution in [2.45, 2.75) is 51.2 Å². The fourth-order valence-corrected chi connectivity index (χ4v) is 4.86. The van der Waals surface area contributed by atoms with Gasteiger partial charge in [-0.05, 0) is 66.3 Å². The van der Waals surface area contributed by atoms with Gasteiger partial charge in [-0.1, -0.05) is 54.6 Å². The molecule has 5 rings (SSSR count). The number of aromatic amines is 1. The molecule has 0 saturated heterocycles. The van der Waals surface area contributed by atoms with Crippen molar-refractivity contribution in [2.24, 2.45) is 5.73 Å². The van der Waals surface area contributed by atoms with E-state index in [0.29, 0.717) is 24.4 Å². The Balaban J connectivity index is 1.42. The fourth-order valence-electron chi connectivity index (χ4n) is 4.86. The molecule has 1 aromatic heterocycles. The maximum Gasteiger partial charge on any atom is 0.249 e. The first kappa shape index (κ1) is 26.2. The number of benzene rings is 3. The molecule has 3 aromatic carbocycles. The Kier molecular flexibility index (Phi) is 7.21. The summed E-state index contributed by atoms with van der Waals surface area (Å²) in [4.78, 5) is 27.9. The van der Waals surface area contributed by atoms with Crippen LogP contribution in [0.2, 0.25) is 0 Å². The Morgan fingerprint density at radius 3 is 2.56 bits per heavy atom. The second kappa shape index (κ2) is 10.7. The van der Waals surface area contributed by atoms with Gasteiger partial charge in [-0.25, -0.2) is 4.39 Å². The summed E-state index contributed by atoms with van der Waals surface area (Å²) in [7, 11) is 0. The molecule has 2 amide bonds. The van der Waals surface area contributed by atoms with Gasteiger partial charge in [0.2, 0.25) is 17.6 Å². The minimum Gasteiger partial charge on any atom is -0.344 e. The standard InChI is InChI=1S/C29H30FN7O2/c1-29(2,31)16-26(38)32-24-14-12-20-11-13-21(30)15-25(20)37(28(24)39)17-18-7-9-19(10-8-18)22-5-3-4-6-23(22)27-33-35-36-34-27/h3-11,13,15,24H,12,14,16-17,31H2,1-2H3,(H,32,38)(H,33,34,35,36). The molecule has 1 aliphatic heterocycles. The average Bonchev–Trinajstić information content (AvgIpc) is 3.41. The zero-order valence-electron chi connectivity index (χ0n) is 21.8. The lowest BCUT2D eigenvalue weighted by atomic mass is 9.98. The summed E-state index contributed by atoms with van der Waals surface area (Å²) in [6.07, 6.45) is 1.03. The Bertz CT molecular complexity index is 1480. The van der Waals surface area contributed by atoms with Crippen molar-refractivity contribution >= 4 is 17.5 Å². The van der Waals surface area contributed by atoms with Crippen LogP contribution in [0.5, 0.6) is 0 Å². The van der Waals surface area contributed by atoms with E-state index in [4.69, 9.17) is 5.73 Å². The van der Waals surface area contributed by atoms with E-state index >= 15 is 0 Å². The molecule has 1 unspecified atom stereocenters. The number of carbonyl (C=O) groups excluding carboxylic acids is 2. The molecule has 39 heavy (non-hydrogen) atoms. The van der Waals surface area contributed by atoms with Crippen molar-refractivity contribution in [1.82, 2.24) is 25.9 Å². The number of fused-ring (bicyclic) bond motifs is 1. The van der Waals surface area contributed by atoms with E-state index in [-0.39, 0.29) is 24.8 Å². The molecule has 2 heterocycles. The minimum absolute atomic E-state index is 0.0884. The number of H-pyrrole nitrogens is 1. The number of nitrogens with two attached hydrogens (primary N) is 1. The summed E-state index contributed by atoms with van der Waals surface area (Å²) >= 11 is 0. The van der Waals surface area contributed by atoms with Crippen LogP contribution < -0.4 is 16.0 Å². The highest BCUT2D eigenvalue weighted by Gasteiger charge is 2.32. The number of anilines is 1. The third-order valence-corrected chi connectivity index (χ3v) is 6.67. The normalized spacial score (nSPS) is 15.5. The quantitative estimate of drug-likeness (QED) is 0.336. The largest absolute Gasteiger partial charge is 0.344 e. The SMILES string of the molecule is CC(C)(N)CC(=O)NC1CCc2ccc(F)cc2N(Cc2ccc(-c3ccccc3-c3nn[nH]n3)cc2)C1=O. The van der Waals surface area contributed by atoms with E-state index in [9.17, 15) is 14.0 Å². The number of hydrogen-bond acceptors (Lipinski definition) is 6. The molecule has 200 valence electrons. The van der Waals surface area contributed by atoms with Gasteiger partial charge in [-0.3, -0.25) is 9.59 Å². The summed E-state index contributed by atoms with van der Waals surface area (Å²) in [5, 5.41) is 17.2. The number of nitrogens with one attached hydrogen (secondary N) is 2. The van der Waals surface area contributed by atoms with Crippen LogP contribution in [-0.2, 0) is 22.6 Å².